The number of hydrogen-bond donors (Lipinski definition) is 1. The summed E-state index contributed by atoms with van der Waals surface area (Å²) >= 11 is 3.00. The lowest BCUT2D eigenvalue weighted by atomic mass is 10.3. The molecule has 0 heterocycles. The van der Waals surface area contributed by atoms with Gasteiger partial charge >= 0.3 is 0 Å². The maximum Gasteiger partial charge on any atom is 0.151 e. The summed E-state index contributed by atoms with van der Waals surface area (Å²) in [6, 6.07) is 1.85. The first-order valence-electron chi connectivity index (χ1n) is 4.94. The van der Waals surface area contributed by atoms with Gasteiger partial charge in [0.25, 0.3) is 0 Å². The molecular formula is C10H12BrF2NO2S. The molecule has 0 saturated carbocycles. The van der Waals surface area contributed by atoms with Gasteiger partial charge in [-0.15, -0.1) is 0 Å². The van der Waals surface area contributed by atoms with Crippen molar-refractivity contribution in [1.82, 2.24) is 0 Å². The molecular weight excluding hydrogens is 316 g/mol. The second-order valence-electron chi connectivity index (χ2n) is 3.41. The molecule has 0 aliphatic rings. The third kappa shape index (κ3) is 4.23. The van der Waals surface area contributed by atoms with Crippen molar-refractivity contribution in [3.63, 3.8) is 0 Å². The summed E-state index contributed by atoms with van der Waals surface area (Å²) in [6.07, 6.45) is 0. The van der Waals surface area contributed by atoms with Crippen molar-refractivity contribution in [3.05, 3.63) is 28.2 Å². The molecule has 17 heavy (non-hydrogen) atoms. The molecule has 7 heteroatoms. The maximum atomic E-state index is 13.3. The first kappa shape index (κ1) is 14.4. The van der Waals surface area contributed by atoms with Gasteiger partial charge in [-0.3, -0.25) is 0 Å². The summed E-state index contributed by atoms with van der Waals surface area (Å²) in [5.41, 5.74) is 0.0673. The van der Waals surface area contributed by atoms with E-state index in [1.165, 1.54) is 0 Å². The van der Waals surface area contributed by atoms with Crippen LogP contribution in [0.1, 0.15) is 6.92 Å². The highest BCUT2D eigenvalue weighted by molar-refractivity contribution is 9.10. The van der Waals surface area contributed by atoms with E-state index in [9.17, 15) is 17.2 Å². The molecule has 1 rings (SSSR count). The lowest BCUT2D eigenvalue weighted by Gasteiger charge is -2.09. The molecule has 0 aliphatic heterocycles. The Kier molecular flexibility index (Phi) is 4.88. The van der Waals surface area contributed by atoms with Gasteiger partial charge in [0, 0.05) is 22.8 Å². The minimum absolute atomic E-state index is 0.0434. The van der Waals surface area contributed by atoms with E-state index in [0.29, 0.717) is 0 Å². The van der Waals surface area contributed by atoms with Gasteiger partial charge in [0.05, 0.1) is 11.4 Å². The van der Waals surface area contributed by atoms with Gasteiger partial charge in [0.15, 0.2) is 9.84 Å². The SMILES string of the molecule is CCS(=O)(=O)CCNc1c(F)cc(F)cc1Br. The Bertz CT molecular complexity index is 482. The van der Waals surface area contributed by atoms with Crippen LogP contribution in [0.15, 0.2) is 16.6 Å². The minimum atomic E-state index is -3.10. The number of nitrogens with one attached hydrogen (secondary N) is 1. The lowest BCUT2D eigenvalue weighted by molar-refractivity contribution is 0.583. The standard InChI is InChI=1S/C10H12BrF2NO2S/c1-2-17(15,16)4-3-14-10-8(11)5-7(12)6-9(10)13/h5-6,14H,2-4H2,1H3. The largest absolute Gasteiger partial charge is 0.381 e. The predicted octanol–water partition coefficient (Wildman–Crippen LogP) is 2.57. The van der Waals surface area contributed by atoms with Gasteiger partial charge in [-0.05, 0) is 22.0 Å². The maximum absolute atomic E-state index is 13.3. The Morgan fingerprint density at radius 2 is 2.00 bits per heavy atom. The van der Waals surface area contributed by atoms with Crippen LogP contribution in [0.25, 0.3) is 0 Å². The molecule has 1 N–H and O–H groups in total. The molecule has 0 aliphatic carbocycles. The molecule has 0 atom stereocenters. The van der Waals surface area contributed by atoms with Gasteiger partial charge in [-0.25, -0.2) is 17.2 Å². The predicted molar refractivity (Wildman–Crippen MR) is 66.9 cm³/mol. The molecule has 0 aromatic heterocycles. The second-order valence-corrected chi connectivity index (χ2v) is 6.73. The second kappa shape index (κ2) is 5.77. The van der Waals surface area contributed by atoms with Crippen molar-refractivity contribution in [2.45, 2.75) is 6.92 Å². The van der Waals surface area contributed by atoms with Crippen molar-refractivity contribution in [2.75, 3.05) is 23.4 Å². The minimum Gasteiger partial charge on any atom is -0.381 e. The molecule has 0 unspecified atom stereocenters. The fourth-order valence-electron chi connectivity index (χ4n) is 1.19. The van der Waals surface area contributed by atoms with Crippen LogP contribution < -0.4 is 5.32 Å². The van der Waals surface area contributed by atoms with Gasteiger partial charge < -0.3 is 5.32 Å². The molecule has 0 amide bonds. The Labute approximate surface area is 107 Å². The topological polar surface area (TPSA) is 46.2 Å². The van der Waals surface area contributed by atoms with Gasteiger partial charge in [-0.1, -0.05) is 6.92 Å². The van der Waals surface area contributed by atoms with Gasteiger partial charge in [0.1, 0.15) is 11.6 Å². The van der Waals surface area contributed by atoms with Crippen LogP contribution in [0.4, 0.5) is 14.5 Å². The van der Waals surface area contributed by atoms with E-state index in [4.69, 9.17) is 0 Å². The van der Waals surface area contributed by atoms with E-state index in [-0.39, 0.29) is 28.2 Å². The third-order valence-corrected chi connectivity index (χ3v) is 4.49. The number of rotatable bonds is 5. The molecule has 1 aromatic carbocycles. The molecule has 0 saturated heterocycles. The Hall–Kier alpha value is -0.690. The van der Waals surface area contributed by atoms with Crippen LogP contribution in [0, 0.1) is 11.6 Å². The number of sulfone groups is 1. The molecule has 1 aromatic rings. The molecule has 0 fully saturated rings. The van der Waals surface area contributed by atoms with E-state index in [2.05, 4.69) is 21.2 Å². The highest BCUT2D eigenvalue weighted by Crippen LogP contribution is 2.26. The fourth-order valence-corrected chi connectivity index (χ4v) is 2.44. The van der Waals surface area contributed by atoms with Crippen LogP contribution >= 0.6 is 15.9 Å². The summed E-state index contributed by atoms with van der Waals surface area (Å²) in [5.74, 6) is -1.50. The Morgan fingerprint density at radius 3 is 2.53 bits per heavy atom. The monoisotopic (exact) mass is 327 g/mol. The van der Waals surface area contributed by atoms with E-state index < -0.39 is 21.5 Å². The summed E-state index contributed by atoms with van der Waals surface area (Å²) < 4.78 is 48.8. The normalized spacial score (nSPS) is 11.5. The zero-order valence-corrected chi connectivity index (χ0v) is 11.5. The van der Waals surface area contributed by atoms with E-state index in [1.807, 2.05) is 0 Å². The molecule has 3 nitrogen and oxygen atoms in total. The summed E-state index contributed by atoms with van der Waals surface area (Å²) in [5, 5.41) is 2.63. The van der Waals surface area contributed by atoms with Crippen LogP contribution in [-0.4, -0.2) is 26.5 Å². The highest BCUT2D eigenvalue weighted by Gasteiger charge is 2.11. The van der Waals surface area contributed by atoms with Crippen LogP contribution in [0.5, 0.6) is 0 Å². The summed E-state index contributed by atoms with van der Waals surface area (Å²) in [4.78, 5) is 0. The molecule has 0 radical (unpaired) electrons. The first-order valence-corrected chi connectivity index (χ1v) is 7.56. The number of halogens is 3. The van der Waals surface area contributed by atoms with E-state index >= 15 is 0 Å². The Balaban J connectivity index is 2.71. The van der Waals surface area contributed by atoms with E-state index in [1.54, 1.807) is 6.92 Å². The smallest absolute Gasteiger partial charge is 0.151 e. The average Bonchev–Trinajstić information content (AvgIpc) is 2.22. The number of hydrogen-bond acceptors (Lipinski definition) is 3. The van der Waals surface area contributed by atoms with Crippen molar-refractivity contribution in [2.24, 2.45) is 0 Å². The summed E-state index contributed by atoms with van der Waals surface area (Å²) in [7, 11) is -3.10. The zero-order valence-electron chi connectivity index (χ0n) is 9.13. The number of anilines is 1. The van der Waals surface area contributed by atoms with Crippen molar-refractivity contribution >= 4 is 31.5 Å². The van der Waals surface area contributed by atoms with Crippen LogP contribution in [0.2, 0.25) is 0 Å². The third-order valence-electron chi connectivity index (χ3n) is 2.16. The zero-order chi connectivity index (χ0) is 13.1. The lowest BCUT2D eigenvalue weighted by Crippen LogP contribution is -2.17. The quantitative estimate of drug-likeness (QED) is 0.904. The van der Waals surface area contributed by atoms with Crippen molar-refractivity contribution in [3.8, 4) is 0 Å². The molecule has 0 bridgehead atoms. The molecule has 96 valence electrons. The van der Waals surface area contributed by atoms with Crippen LogP contribution in [0.3, 0.4) is 0 Å². The number of benzene rings is 1. The van der Waals surface area contributed by atoms with E-state index in [0.717, 1.165) is 12.1 Å². The van der Waals surface area contributed by atoms with Crippen LogP contribution in [-0.2, 0) is 9.84 Å². The van der Waals surface area contributed by atoms with Gasteiger partial charge in [-0.2, -0.15) is 0 Å². The van der Waals surface area contributed by atoms with Gasteiger partial charge in [0.2, 0.25) is 0 Å². The first-order chi connectivity index (χ1) is 7.85. The Morgan fingerprint density at radius 1 is 1.35 bits per heavy atom. The fraction of sp³-hybridized carbons (Fsp3) is 0.400. The average molecular weight is 328 g/mol. The highest BCUT2D eigenvalue weighted by atomic mass is 79.9. The summed E-state index contributed by atoms with van der Waals surface area (Å²) in [6.45, 7) is 1.63. The van der Waals surface area contributed by atoms with Crippen molar-refractivity contribution < 1.29 is 17.2 Å². The van der Waals surface area contributed by atoms with Crippen molar-refractivity contribution in [1.29, 1.82) is 0 Å². The molecule has 0 spiro atoms.